The third kappa shape index (κ3) is 3.80. The zero-order valence-electron chi connectivity index (χ0n) is 15.9. The maximum atomic E-state index is 13.7. The van der Waals surface area contributed by atoms with E-state index in [0.29, 0.717) is 30.4 Å². The number of rotatable bonds is 6. The topological polar surface area (TPSA) is 93.6 Å². The first-order chi connectivity index (χ1) is 14.1. The van der Waals surface area contributed by atoms with Crippen LogP contribution in [-0.4, -0.2) is 46.0 Å². The summed E-state index contributed by atoms with van der Waals surface area (Å²) in [7, 11) is 1.35. The van der Waals surface area contributed by atoms with Crippen LogP contribution in [0.5, 0.6) is 5.75 Å². The molecule has 0 spiro atoms. The van der Waals surface area contributed by atoms with E-state index in [1.807, 2.05) is 11.1 Å². The fourth-order valence-corrected chi connectivity index (χ4v) is 3.71. The Hall–Kier alpha value is -3.36. The van der Waals surface area contributed by atoms with Crippen LogP contribution in [0.1, 0.15) is 23.2 Å². The van der Waals surface area contributed by atoms with Crippen molar-refractivity contribution < 1.29 is 23.6 Å². The molecule has 29 heavy (non-hydrogen) atoms. The molecular formula is C20H21FN4O4. The Balaban J connectivity index is 1.55. The fourth-order valence-electron chi connectivity index (χ4n) is 3.71. The number of aromatic nitrogens is 3. The normalized spacial score (nSPS) is 14.9. The van der Waals surface area contributed by atoms with Crippen molar-refractivity contribution in [2.45, 2.75) is 19.4 Å². The zero-order chi connectivity index (χ0) is 20.4. The molecule has 1 aromatic carbocycles. The van der Waals surface area contributed by atoms with E-state index >= 15 is 0 Å². The van der Waals surface area contributed by atoms with Crippen molar-refractivity contribution in [1.82, 2.24) is 14.7 Å². The smallest absolute Gasteiger partial charge is 0.343 e. The second kappa shape index (κ2) is 7.94. The lowest BCUT2D eigenvalue weighted by atomic mass is 9.96. The Morgan fingerprint density at radius 3 is 2.83 bits per heavy atom. The van der Waals surface area contributed by atoms with Gasteiger partial charge >= 0.3 is 5.97 Å². The van der Waals surface area contributed by atoms with Crippen molar-refractivity contribution in [3.05, 3.63) is 48.3 Å². The van der Waals surface area contributed by atoms with Crippen LogP contribution in [0.15, 0.2) is 41.4 Å². The van der Waals surface area contributed by atoms with Crippen molar-refractivity contribution >= 4 is 11.8 Å². The van der Waals surface area contributed by atoms with Gasteiger partial charge in [-0.25, -0.2) is 14.2 Å². The van der Waals surface area contributed by atoms with Gasteiger partial charge in [-0.1, -0.05) is 5.16 Å². The SMILES string of the molecule is COc1cc(-c2onc(N3CCC(Cn4ccnc4)CC3)c2C(=O)O)ccc1F. The lowest BCUT2D eigenvalue weighted by molar-refractivity contribution is 0.0697. The molecule has 0 aliphatic carbocycles. The van der Waals surface area contributed by atoms with E-state index in [-0.39, 0.29) is 17.1 Å². The van der Waals surface area contributed by atoms with Crippen LogP contribution in [-0.2, 0) is 6.54 Å². The molecule has 0 unspecified atom stereocenters. The molecular weight excluding hydrogens is 379 g/mol. The maximum absolute atomic E-state index is 13.7. The van der Waals surface area contributed by atoms with Crippen LogP contribution in [0.2, 0.25) is 0 Å². The monoisotopic (exact) mass is 400 g/mol. The number of carboxylic acids is 1. The summed E-state index contributed by atoms with van der Waals surface area (Å²) in [5, 5.41) is 13.8. The summed E-state index contributed by atoms with van der Waals surface area (Å²) in [6.45, 7) is 2.25. The minimum atomic E-state index is -1.14. The molecule has 9 heteroatoms. The first-order valence-corrected chi connectivity index (χ1v) is 9.34. The zero-order valence-corrected chi connectivity index (χ0v) is 15.9. The van der Waals surface area contributed by atoms with Crippen LogP contribution in [0.4, 0.5) is 10.2 Å². The van der Waals surface area contributed by atoms with Crippen molar-refractivity contribution in [3.63, 3.8) is 0 Å². The number of benzene rings is 1. The summed E-state index contributed by atoms with van der Waals surface area (Å²) in [6.07, 6.45) is 7.31. The molecule has 3 heterocycles. The second-order valence-corrected chi connectivity index (χ2v) is 7.05. The summed E-state index contributed by atoms with van der Waals surface area (Å²) in [6, 6.07) is 4.07. The number of methoxy groups -OCH3 is 1. The number of imidazole rings is 1. The predicted octanol–water partition coefficient (Wildman–Crippen LogP) is 3.30. The highest BCUT2D eigenvalue weighted by Gasteiger charge is 2.30. The number of anilines is 1. The summed E-state index contributed by atoms with van der Waals surface area (Å²) in [5.74, 6) is -0.783. The number of halogens is 1. The van der Waals surface area contributed by atoms with E-state index in [0.717, 1.165) is 19.4 Å². The van der Waals surface area contributed by atoms with Crippen molar-refractivity contribution in [2.75, 3.05) is 25.1 Å². The fraction of sp³-hybridized carbons (Fsp3) is 0.350. The average Bonchev–Trinajstić information content (AvgIpc) is 3.39. The Bertz CT molecular complexity index is 994. The Morgan fingerprint density at radius 2 is 2.17 bits per heavy atom. The summed E-state index contributed by atoms with van der Waals surface area (Å²) in [4.78, 5) is 18.0. The summed E-state index contributed by atoms with van der Waals surface area (Å²) in [5.41, 5.74) is 0.376. The Morgan fingerprint density at radius 1 is 1.38 bits per heavy atom. The van der Waals surface area contributed by atoms with Gasteiger partial charge in [0.1, 0.15) is 0 Å². The molecule has 0 saturated carbocycles. The van der Waals surface area contributed by atoms with Gasteiger partial charge in [0.25, 0.3) is 0 Å². The summed E-state index contributed by atoms with van der Waals surface area (Å²) >= 11 is 0. The van der Waals surface area contributed by atoms with Gasteiger partial charge in [0, 0.05) is 37.6 Å². The molecule has 152 valence electrons. The van der Waals surface area contributed by atoms with Gasteiger partial charge in [-0.3, -0.25) is 0 Å². The van der Waals surface area contributed by atoms with Crippen LogP contribution < -0.4 is 9.64 Å². The van der Waals surface area contributed by atoms with Gasteiger partial charge in [0.2, 0.25) is 0 Å². The molecule has 1 N–H and O–H groups in total. The van der Waals surface area contributed by atoms with E-state index in [4.69, 9.17) is 9.26 Å². The van der Waals surface area contributed by atoms with E-state index < -0.39 is 11.8 Å². The maximum Gasteiger partial charge on any atom is 0.343 e. The summed E-state index contributed by atoms with van der Waals surface area (Å²) < 4.78 is 26.1. The number of hydrogen-bond acceptors (Lipinski definition) is 6. The third-order valence-electron chi connectivity index (χ3n) is 5.24. The predicted molar refractivity (Wildman–Crippen MR) is 103 cm³/mol. The van der Waals surface area contributed by atoms with Gasteiger partial charge in [0.05, 0.1) is 13.4 Å². The van der Waals surface area contributed by atoms with Crippen molar-refractivity contribution in [3.8, 4) is 17.1 Å². The number of carboxylic acid groups (broad SMARTS) is 1. The van der Waals surface area contributed by atoms with Gasteiger partial charge in [-0.2, -0.15) is 0 Å². The number of piperidine rings is 1. The minimum absolute atomic E-state index is 0.0112. The molecule has 2 aromatic heterocycles. The third-order valence-corrected chi connectivity index (χ3v) is 5.24. The quantitative estimate of drug-likeness (QED) is 0.678. The highest BCUT2D eigenvalue weighted by Crippen LogP contribution is 2.35. The number of aromatic carboxylic acids is 1. The first-order valence-electron chi connectivity index (χ1n) is 9.34. The van der Waals surface area contributed by atoms with Crippen molar-refractivity contribution in [2.24, 2.45) is 5.92 Å². The first kappa shape index (κ1) is 19.0. The van der Waals surface area contributed by atoms with Gasteiger partial charge < -0.3 is 23.8 Å². The minimum Gasteiger partial charge on any atom is -0.494 e. The lowest BCUT2D eigenvalue weighted by Gasteiger charge is -2.32. The lowest BCUT2D eigenvalue weighted by Crippen LogP contribution is -2.36. The highest BCUT2D eigenvalue weighted by atomic mass is 19.1. The largest absolute Gasteiger partial charge is 0.494 e. The standard InChI is InChI=1S/C20H21FN4O4/c1-28-16-10-14(2-3-15(16)21)18-17(20(26)27)19(23-29-18)25-7-4-13(5-8-25)11-24-9-6-22-12-24/h2-3,6,9-10,12-13H,4-5,7-8,11H2,1H3,(H,26,27). The number of ether oxygens (including phenoxy) is 1. The van der Waals surface area contributed by atoms with Gasteiger partial charge in [-0.15, -0.1) is 0 Å². The number of hydrogen-bond donors (Lipinski definition) is 1. The Labute approximate surface area is 166 Å². The van der Waals surface area contributed by atoms with E-state index in [2.05, 4.69) is 14.7 Å². The van der Waals surface area contributed by atoms with Gasteiger partial charge in [0.15, 0.2) is 28.7 Å². The average molecular weight is 400 g/mol. The van der Waals surface area contributed by atoms with E-state index in [1.165, 1.54) is 25.3 Å². The molecule has 0 bridgehead atoms. The molecule has 0 radical (unpaired) electrons. The Kier molecular flexibility index (Phi) is 5.20. The van der Waals surface area contributed by atoms with E-state index in [1.54, 1.807) is 12.5 Å². The number of carbonyl (C=O) groups is 1. The number of nitrogens with zero attached hydrogens (tertiary/aromatic N) is 4. The molecule has 0 amide bonds. The van der Waals surface area contributed by atoms with Gasteiger partial charge in [-0.05, 0) is 37.0 Å². The van der Waals surface area contributed by atoms with Crippen LogP contribution in [0.3, 0.4) is 0 Å². The molecule has 8 nitrogen and oxygen atoms in total. The second-order valence-electron chi connectivity index (χ2n) is 7.05. The molecule has 1 aliphatic rings. The molecule has 3 aromatic rings. The van der Waals surface area contributed by atoms with E-state index in [9.17, 15) is 14.3 Å². The molecule has 1 fully saturated rings. The highest BCUT2D eigenvalue weighted by molar-refractivity contribution is 5.99. The van der Waals surface area contributed by atoms with Crippen LogP contribution >= 0.6 is 0 Å². The molecule has 0 atom stereocenters. The molecule has 1 aliphatic heterocycles. The van der Waals surface area contributed by atoms with Crippen LogP contribution in [0, 0.1) is 11.7 Å². The van der Waals surface area contributed by atoms with Crippen molar-refractivity contribution in [1.29, 1.82) is 0 Å². The van der Waals surface area contributed by atoms with Crippen LogP contribution in [0.25, 0.3) is 11.3 Å². The molecule has 4 rings (SSSR count). The molecule has 1 saturated heterocycles.